The summed E-state index contributed by atoms with van der Waals surface area (Å²) in [5, 5.41) is 15.8. The van der Waals surface area contributed by atoms with Crippen molar-refractivity contribution in [3.63, 3.8) is 0 Å². The Kier molecular flexibility index (Phi) is 10.0. The molecule has 0 radical (unpaired) electrons. The Morgan fingerprint density at radius 2 is 2.07 bits per heavy atom. The quantitative estimate of drug-likeness (QED) is 0.278. The minimum absolute atomic E-state index is 0. The van der Waals surface area contributed by atoms with Crippen LogP contribution >= 0.6 is 24.0 Å². The van der Waals surface area contributed by atoms with Gasteiger partial charge in [-0.3, -0.25) is 0 Å². The highest BCUT2D eigenvalue weighted by Crippen LogP contribution is 2.31. The normalized spacial score (nSPS) is 15.3. The molecule has 0 aliphatic carbocycles. The standard InChI is InChI=1S/C22H29N3O4.HI/c1-3-23-22(25-18-10-12-28-19-7-5-4-6-17(18)19)24-15-16-8-9-20(29-13-11-26)21(14-16)27-2;/h4-9,14,18,26H,3,10-13,15H2,1-2H3,(H2,23,24,25);1H. The first-order valence-corrected chi connectivity index (χ1v) is 9.92. The van der Waals surface area contributed by atoms with Gasteiger partial charge in [0.2, 0.25) is 0 Å². The molecular weight excluding hydrogens is 497 g/mol. The fourth-order valence-electron chi connectivity index (χ4n) is 3.23. The summed E-state index contributed by atoms with van der Waals surface area (Å²) in [6, 6.07) is 14.0. The lowest BCUT2D eigenvalue weighted by Gasteiger charge is -2.28. The summed E-state index contributed by atoms with van der Waals surface area (Å²) in [7, 11) is 1.60. The number of fused-ring (bicyclic) bond motifs is 1. The number of aliphatic imine (C=N–C) groups is 1. The largest absolute Gasteiger partial charge is 0.493 e. The number of nitrogens with one attached hydrogen (secondary N) is 2. The van der Waals surface area contributed by atoms with Crippen LogP contribution in [-0.2, 0) is 6.54 Å². The Labute approximate surface area is 194 Å². The van der Waals surface area contributed by atoms with E-state index in [4.69, 9.17) is 24.3 Å². The third-order valence-corrected chi connectivity index (χ3v) is 4.61. The molecule has 0 aromatic heterocycles. The van der Waals surface area contributed by atoms with Crippen molar-refractivity contribution in [1.82, 2.24) is 10.6 Å². The second-order valence-electron chi connectivity index (χ2n) is 6.62. The van der Waals surface area contributed by atoms with Crippen molar-refractivity contribution in [2.75, 3.05) is 33.5 Å². The monoisotopic (exact) mass is 527 g/mol. The summed E-state index contributed by atoms with van der Waals surface area (Å²) in [5.74, 6) is 2.92. The highest BCUT2D eigenvalue weighted by molar-refractivity contribution is 14.0. The van der Waals surface area contributed by atoms with Crippen molar-refractivity contribution < 1.29 is 19.3 Å². The summed E-state index contributed by atoms with van der Waals surface area (Å²) in [6.45, 7) is 4.19. The SMILES string of the molecule is CCNC(=NCc1ccc(OCCO)c(OC)c1)NC1CCOc2ccccc21.I. The van der Waals surface area contributed by atoms with Crippen molar-refractivity contribution in [3.8, 4) is 17.2 Å². The average Bonchev–Trinajstić information content (AvgIpc) is 2.76. The van der Waals surface area contributed by atoms with Crippen LogP contribution in [0, 0.1) is 0 Å². The Bertz CT molecular complexity index is 832. The molecule has 2 aromatic rings. The molecule has 1 aliphatic rings. The molecule has 1 aliphatic heterocycles. The maximum Gasteiger partial charge on any atom is 0.192 e. The van der Waals surface area contributed by atoms with Gasteiger partial charge in [-0.25, -0.2) is 4.99 Å². The predicted molar refractivity (Wildman–Crippen MR) is 128 cm³/mol. The predicted octanol–water partition coefficient (Wildman–Crippen LogP) is 3.26. The molecular formula is C22H30IN3O4. The number of ether oxygens (including phenoxy) is 3. The smallest absolute Gasteiger partial charge is 0.192 e. The summed E-state index contributed by atoms with van der Waals surface area (Å²) in [5.41, 5.74) is 2.15. The number of aliphatic hydroxyl groups excluding tert-OH is 1. The molecule has 0 saturated heterocycles. The second-order valence-corrected chi connectivity index (χ2v) is 6.62. The number of halogens is 1. The molecule has 0 amide bonds. The first kappa shape index (κ1) is 24.1. The van der Waals surface area contributed by atoms with Crippen molar-refractivity contribution in [2.24, 2.45) is 4.99 Å². The van der Waals surface area contributed by atoms with Gasteiger partial charge in [0.1, 0.15) is 12.4 Å². The third kappa shape index (κ3) is 6.40. The van der Waals surface area contributed by atoms with Gasteiger partial charge in [0.05, 0.1) is 32.9 Å². The van der Waals surface area contributed by atoms with Gasteiger partial charge < -0.3 is 30.0 Å². The molecule has 8 heteroatoms. The molecule has 3 N–H and O–H groups in total. The summed E-state index contributed by atoms with van der Waals surface area (Å²) >= 11 is 0. The number of methoxy groups -OCH3 is 1. The molecule has 1 heterocycles. The Morgan fingerprint density at radius 1 is 1.23 bits per heavy atom. The minimum atomic E-state index is -0.0394. The minimum Gasteiger partial charge on any atom is -0.493 e. The van der Waals surface area contributed by atoms with Gasteiger partial charge in [-0.1, -0.05) is 24.3 Å². The highest BCUT2D eigenvalue weighted by atomic mass is 127. The van der Waals surface area contributed by atoms with Crippen LogP contribution in [0.15, 0.2) is 47.5 Å². The van der Waals surface area contributed by atoms with Gasteiger partial charge in [-0.05, 0) is 30.7 Å². The van der Waals surface area contributed by atoms with Gasteiger partial charge in [0, 0.05) is 18.5 Å². The number of hydrogen-bond donors (Lipinski definition) is 3. The molecule has 0 spiro atoms. The summed E-state index contributed by atoms with van der Waals surface area (Å²) in [6.07, 6.45) is 0.881. The van der Waals surface area contributed by atoms with E-state index in [9.17, 15) is 0 Å². The number of benzene rings is 2. The molecule has 7 nitrogen and oxygen atoms in total. The van der Waals surface area contributed by atoms with Crippen LogP contribution in [0.5, 0.6) is 17.2 Å². The maximum absolute atomic E-state index is 8.93. The third-order valence-electron chi connectivity index (χ3n) is 4.61. The average molecular weight is 527 g/mol. The Balaban J connectivity index is 0.00000320. The lowest BCUT2D eigenvalue weighted by molar-refractivity contribution is 0.196. The van der Waals surface area contributed by atoms with E-state index in [0.29, 0.717) is 24.7 Å². The van der Waals surface area contributed by atoms with E-state index in [2.05, 4.69) is 16.7 Å². The topological polar surface area (TPSA) is 84.3 Å². The van der Waals surface area contributed by atoms with Gasteiger partial charge in [-0.2, -0.15) is 0 Å². The Morgan fingerprint density at radius 3 is 2.83 bits per heavy atom. The summed E-state index contributed by atoms with van der Waals surface area (Å²) < 4.78 is 16.6. The number of para-hydroxylation sites is 1. The van der Waals surface area contributed by atoms with E-state index in [1.165, 1.54) is 0 Å². The number of rotatable bonds is 8. The zero-order valence-corrected chi connectivity index (χ0v) is 19.7. The van der Waals surface area contributed by atoms with E-state index in [-0.39, 0.29) is 43.2 Å². The van der Waals surface area contributed by atoms with Crippen molar-refractivity contribution in [2.45, 2.75) is 25.9 Å². The number of nitrogens with zero attached hydrogens (tertiary/aromatic N) is 1. The van der Waals surface area contributed by atoms with Crippen LogP contribution in [0.2, 0.25) is 0 Å². The van der Waals surface area contributed by atoms with E-state index >= 15 is 0 Å². The van der Waals surface area contributed by atoms with E-state index in [1.54, 1.807) is 7.11 Å². The lowest BCUT2D eigenvalue weighted by atomic mass is 10.0. The highest BCUT2D eigenvalue weighted by Gasteiger charge is 2.21. The zero-order chi connectivity index (χ0) is 20.5. The van der Waals surface area contributed by atoms with Gasteiger partial charge in [0.25, 0.3) is 0 Å². The molecule has 2 aromatic carbocycles. The second kappa shape index (κ2) is 12.5. The van der Waals surface area contributed by atoms with Gasteiger partial charge >= 0.3 is 0 Å². The van der Waals surface area contributed by atoms with Crippen LogP contribution < -0.4 is 24.8 Å². The first-order chi connectivity index (χ1) is 14.2. The molecule has 0 fully saturated rings. The number of hydrogen-bond acceptors (Lipinski definition) is 5. The number of aliphatic hydroxyl groups is 1. The van der Waals surface area contributed by atoms with Crippen LogP contribution in [0.4, 0.5) is 0 Å². The molecule has 164 valence electrons. The van der Waals surface area contributed by atoms with Crippen LogP contribution in [0.25, 0.3) is 0 Å². The summed E-state index contributed by atoms with van der Waals surface area (Å²) in [4.78, 5) is 4.74. The van der Waals surface area contributed by atoms with Crippen LogP contribution in [-0.4, -0.2) is 44.5 Å². The lowest BCUT2D eigenvalue weighted by Crippen LogP contribution is -2.41. The number of guanidine groups is 1. The fourth-order valence-corrected chi connectivity index (χ4v) is 3.23. The first-order valence-electron chi connectivity index (χ1n) is 9.92. The van der Waals surface area contributed by atoms with E-state index in [0.717, 1.165) is 35.8 Å². The zero-order valence-electron chi connectivity index (χ0n) is 17.4. The molecule has 0 saturated carbocycles. The van der Waals surface area contributed by atoms with Crippen molar-refractivity contribution >= 4 is 29.9 Å². The molecule has 1 unspecified atom stereocenters. The molecule has 3 rings (SSSR count). The van der Waals surface area contributed by atoms with Gasteiger partial charge in [-0.15, -0.1) is 24.0 Å². The van der Waals surface area contributed by atoms with Crippen LogP contribution in [0.3, 0.4) is 0 Å². The van der Waals surface area contributed by atoms with Crippen molar-refractivity contribution in [1.29, 1.82) is 0 Å². The molecule has 30 heavy (non-hydrogen) atoms. The fraction of sp³-hybridized carbons (Fsp3) is 0.409. The molecule has 0 bridgehead atoms. The maximum atomic E-state index is 8.93. The van der Waals surface area contributed by atoms with E-state index < -0.39 is 0 Å². The van der Waals surface area contributed by atoms with E-state index in [1.807, 2.05) is 43.3 Å². The van der Waals surface area contributed by atoms with Crippen molar-refractivity contribution in [3.05, 3.63) is 53.6 Å². The Hall–Kier alpha value is -2.20. The molecule has 1 atom stereocenters. The van der Waals surface area contributed by atoms with Gasteiger partial charge in [0.15, 0.2) is 17.5 Å². The van der Waals surface area contributed by atoms with Crippen LogP contribution in [0.1, 0.15) is 30.5 Å².